The van der Waals surface area contributed by atoms with Gasteiger partial charge in [0.1, 0.15) is 5.67 Å². The fraction of sp³-hybridized carbons (Fsp3) is 0.600. The molecule has 0 aliphatic carbocycles. The summed E-state index contributed by atoms with van der Waals surface area (Å²) in [6.07, 6.45) is 0.211. The minimum atomic E-state index is -1.66. The number of alkyl halides is 1. The lowest BCUT2D eigenvalue weighted by Gasteiger charge is -2.29. The van der Waals surface area contributed by atoms with Crippen molar-refractivity contribution < 1.29 is 28.9 Å². The molecule has 2 N–H and O–H groups in total. The van der Waals surface area contributed by atoms with E-state index < -0.39 is 29.0 Å². The topological polar surface area (TPSA) is 115 Å². The highest BCUT2D eigenvalue weighted by Crippen LogP contribution is 2.27. The van der Waals surface area contributed by atoms with Crippen molar-refractivity contribution in [3.63, 3.8) is 0 Å². The van der Waals surface area contributed by atoms with E-state index in [9.17, 15) is 14.0 Å². The zero-order valence-corrected chi connectivity index (χ0v) is 9.87. The van der Waals surface area contributed by atoms with Crippen molar-refractivity contribution in [2.75, 3.05) is 13.2 Å². The maximum Gasteiger partial charge on any atom is 0.359 e. The van der Waals surface area contributed by atoms with Gasteiger partial charge in [0.2, 0.25) is 5.69 Å². The number of nitrogens with zero attached hydrogens (tertiary/aromatic N) is 3. The van der Waals surface area contributed by atoms with Gasteiger partial charge >= 0.3 is 11.9 Å². The Kier molecular flexibility index (Phi) is 3.47. The van der Waals surface area contributed by atoms with Crippen LogP contribution in [0.3, 0.4) is 0 Å². The van der Waals surface area contributed by atoms with E-state index in [1.165, 1.54) is 0 Å². The Morgan fingerprint density at radius 2 is 1.95 bits per heavy atom. The monoisotopic (exact) mass is 273 g/mol. The first-order chi connectivity index (χ1) is 8.93. The minimum Gasteiger partial charge on any atom is -0.476 e. The molecule has 8 nitrogen and oxygen atoms in total. The summed E-state index contributed by atoms with van der Waals surface area (Å²) in [5.41, 5.74) is -2.97. The van der Waals surface area contributed by atoms with Crippen molar-refractivity contribution in [2.45, 2.75) is 25.1 Å². The summed E-state index contributed by atoms with van der Waals surface area (Å²) in [4.78, 5) is 21.9. The number of aromatic nitrogens is 3. The van der Waals surface area contributed by atoms with Gasteiger partial charge in [-0.2, -0.15) is 0 Å². The standard InChI is InChI=1S/C10H12FN3O5/c11-10(1-3-19-4-2-10)5-14-7(9(17)18)6(8(15)16)12-13-14/h1-5H2,(H,15,16)(H,17,18). The fourth-order valence-electron chi connectivity index (χ4n) is 1.94. The van der Waals surface area contributed by atoms with Crippen molar-refractivity contribution in [2.24, 2.45) is 0 Å². The lowest BCUT2D eigenvalue weighted by atomic mass is 9.96. The van der Waals surface area contributed by atoms with E-state index in [2.05, 4.69) is 10.3 Å². The number of carboxylic acids is 2. The van der Waals surface area contributed by atoms with Gasteiger partial charge < -0.3 is 14.9 Å². The van der Waals surface area contributed by atoms with E-state index in [1.807, 2.05) is 0 Å². The molecule has 19 heavy (non-hydrogen) atoms. The van der Waals surface area contributed by atoms with Crippen molar-refractivity contribution in [1.29, 1.82) is 0 Å². The second-order valence-corrected chi connectivity index (χ2v) is 4.32. The molecule has 0 atom stereocenters. The van der Waals surface area contributed by atoms with Gasteiger partial charge in [0.25, 0.3) is 0 Å². The molecule has 0 amide bonds. The third-order valence-electron chi connectivity index (χ3n) is 2.96. The molecule has 1 aliphatic rings. The molecular formula is C10H12FN3O5. The third-order valence-corrected chi connectivity index (χ3v) is 2.96. The summed E-state index contributed by atoms with van der Waals surface area (Å²) in [5, 5.41) is 24.5. The molecule has 0 bridgehead atoms. The summed E-state index contributed by atoms with van der Waals surface area (Å²) >= 11 is 0. The van der Waals surface area contributed by atoms with E-state index in [0.29, 0.717) is 0 Å². The van der Waals surface area contributed by atoms with Gasteiger partial charge in [-0.3, -0.25) is 0 Å². The maximum atomic E-state index is 14.4. The van der Waals surface area contributed by atoms with Gasteiger partial charge in [0.05, 0.1) is 6.54 Å². The largest absolute Gasteiger partial charge is 0.476 e. The predicted octanol–water partition coefficient (Wildman–Crippen LogP) is 0.193. The highest BCUT2D eigenvalue weighted by atomic mass is 19.1. The molecule has 2 rings (SSSR count). The highest BCUT2D eigenvalue weighted by Gasteiger charge is 2.36. The Balaban J connectivity index is 2.29. The van der Waals surface area contributed by atoms with Crippen molar-refractivity contribution in [3.8, 4) is 0 Å². The molecule has 104 valence electrons. The average Bonchev–Trinajstić information content (AvgIpc) is 2.73. The van der Waals surface area contributed by atoms with E-state index in [4.69, 9.17) is 14.9 Å². The molecule has 0 spiro atoms. The van der Waals surface area contributed by atoms with Crippen molar-refractivity contribution in [1.82, 2.24) is 15.0 Å². The number of halogens is 1. The maximum absolute atomic E-state index is 14.4. The second-order valence-electron chi connectivity index (χ2n) is 4.32. The number of ether oxygens (including phenoxy) is 1. The second kappa shape index (κ2) is 4.92. The first-order valence-electron chi connectivity index (χ1n) is 5.60. The number of hydrogen-bond acceptors (Lipinski definition) is 5. The average molecular weight is 273 g/mol. The summed E-state index contributed by atoms with van der Waals surface area (Å²) in [6, 6.07) is 0. The minimum absolute atomic E-state index is 0.105. The quantitative estimate of drug-likeness (QED) is 0.804. The van der Waals surface area contributed by atoms with Crippen LogP contribution >= 0.6 is 0 Å². The van der Waals surface area contributed by atoms with Crippen LogP contribution in [0.4, 0.5) is 4.39 Å². The Morgan fingerprint density at radius 1 is 1.32 bits per heavy atom. The van der Waals surface area contributed by atoms with Gasteiger partial charge in [-0.05, 0) is 0 Å². The molecule has 0 saturated carbocycles. The van der Waals surface area contributed by atoms with Crippen LogP contribution in [0.1, 0.15) is 33.8 Å². The number of carbonyl (C=O) groups is 2. The highest BCUT2D eigenvalue weighted by molar-refractivity contribution is 5.98. The van der Waals surface area contributed by atoms with Crippen LogP contribution in [-0.2, 0) is 11.3 Å². The summed E-state index contributed by atoms with van der Waals surface area (Å²) in [6.45, 7) is 0.122. The summed E-state index contributed by atoms with van der Waals surface area (Å²) < 4.78 is 20.2. The van der Waals surface area contributed by atoms with Crippen LogP contribution in [0, 0.1) is 0 Å². The summed E-state index contributed by atoms with van der Waals surface area (Å²) in [7, 11) is 0. The van der Waals surface area contributed by atoms with Crippen LogP contribution in [0.15, 0.2) is 0 Å². The van der Waals surface area contributed by atoms with E-state index >= 15 is 0 Å². The number of carboxylic acid groups (broad SMARTS) is 2. The lowest BCUT2D eigenvalue weighted by Crippen LogP contribution is -2.37. The molecule has 1 saturated heterocycles. The zero-order chi connectivity index (χ0) is 14.0. The van der Waals surface area contributed by atoms with Gasteiger partial charge in [0.15, 0.2) is 5.69 Å². The van der Waals surface area contributed by atoms with E-state index in [1.54, 1.807) is 0 Å². The van der Waals surface area contributed by atoms with Gasteiger partial charge in [-0.1, -0.05) is 5.21 Å². The number of aromatic carboxylic acids is 2. The molecule has 1 fully saturated rings. The van der Waals surface area contributed by atoms with Gasteiger partial charge in [0, 0.05) is 26.1 Å². The van der Waals surface area contributed by atoms with Crippen LogP contribution in [0.2, 0.25) is 0 Å². The first kappa shape index (κ1) is 13.4. The first-order valence-corrected chi connectivity index (χ1v) is 5.60. The molecule has 0 radical (unpaired) electrons. The molecular weight excluding hydrogens is 261 g/mol. The zero-order valence-electron chi connectivity index (χ0n) is 9.87. The van der Waals surface area contributed by atoms with E-state index in [-0.39, 0.29) is 32.6 Å². The fourth-order valence-corrected chi connectivity index (χ4v) is 1.94. The molecule has 9 heteroatoms. The molecule has 2 heterocycles. The molecule has 1 aromatic rings. The lowest BCUT2D eigenvalue weighted by molar-refractivity contribution is -0.0201. The third kappa shape index (κ3) is 2.70. The number of hydrogen-bond donors (Lipinski definition) is 2. The molecule has 0 unspecified atom stereocenters. The van der Waals surface area contributed by atoms with Crippen molar-refractivity contribution >= 4 is 11.9 Å². The van der Waals surface area contributed by atoms with Crippen LogP contribution in [0.25, 0.3) is 0 Å². The van der Waals surface area contributed by atoms with Crippen LogP contribution in [0.5, 0.6) is 0 Å². The Labute approximate surface area is 106 Å². The van der Waals surface area contributed by atoms with Gasteiger partial charge in [-0.15, -0.1) is 5.10 Å². The molecule has 1 aromatic heterocycles. The van der Waals surface area contributed by atoms with Crippen LogP contribution < -0.4 is 0 Å². The Morgan fingerprint density at radius 3 is 2.47 bits per heavy atom. The normalized spacial score (nSPS) is 18.2. The Hall–Kier alpha value is -2.03. The van der Waals surface area contributed by atoms with Crippen LogP contribution in [-0.4, -0.2) is 56.0 Å². The predicted molar refractivity (Wildman–Crippen MR) is 57.8 cm³/mol. The molecule has 1 aliphatic heterocycles. The van der Waals surface area contributed by atoms with Crippen molar-refractivity contribution in [3.05, 3.63) is 11.4 Å². The SMILES string of the molecule is O=C(O)c1nnn(CC2(F)CCOCC2)c1C(=O)O. The van der Waals surface area contributed by atoms with Gasteiger partial charge in [-0.25, -0.2) is 18.7 Å². The molecule has 0 aromatic carbocycles. The summed E-state index contributed by atoms with van der Waals surface area (Å²) in [5.74, 6) is -3.01. The smallest absolute Gasteiger partial charge is 0.359 e. The van der Waals surface area contributed by atoms with E-state index in [0.717, 1.165) is 4.68 Å². The Bertz CT molecular complexity index is 509. The number of rotatable bonds is 4.